The molecule has 0 radical (unpaired) electrons. The van der Waals surface area contributed by atoms with Crippen molar-refractivity contribution >= 4 is 66.4 Å². The molecule has 2 rings (SSSR count). The van der Waals surface area contributed by atoms with Gasteiger partial charge in [0.15, 0.2) is 0 Å². The molecule has 1 heterocycles. The number of hydrogen-bond acceptors (Lipinski definition) is 2. The molecule has 1 aromatic heterocycles. The second kappa shape index (κ2) is 5.74. The summed E-state index contributed by atoms with van der Waals surface area (Å²) < 4.78 is 1.83. The molecule has 94 valence electrons. The highest BCUT2D eigenvalue weighted by Crippen LogP contribution is 2.30. The van der Waals surface area contributed by atoms with Crippen LogP contribution >= 0.6 is 54.8 Å². The SMILES string of the molecule is Cc1cc(C(=O)Nc2cc(Br)ccc2Cl)sc1Br. The Morgan fingerprint density at radius 1 is 1.33 bits per heavy atom. The minimum Gasteiger partial charge on any atom is -0.320 e. The van der Waals surface area contributed by atoms with E-state index in [1.54, 1.807) is 12.1 Å². The van der Waals surface area contributed by atoms with Gasteiger partial charge in [-0.15, -0.1) is 11.3 Å². The Morgan fingerprint density at radius 2 is 2.06 bits per heavy atom. The van der Waals surface area contributed by atoms with E-state index in [4.69, 9.17) is 11.6 Å². The minimum absolute atomic E-state index is 0.159. The lowest BCUT2D eigenvalue weighted by atomic mass is 10.3. The highest BCUT2D eigenvalue weighted by atomic mass is 79.9. The van der Waals surface area contributed by atoms with Crippen LogP contribution in [0.2, 0.25) is 5.02 Å². The molecule has 0 saturated heterocycles. The van der Waals surface area contributed by atoms with Crippen molar-refractivity contribution in [3.8, 4) is 0 Å². The van der Waals surface area contributed by atoms with Crippen LogP contribution in [0.4, 0.5) is 5.69 Å². The van der Waals surface area contributed by atoms with Crippen molar-refractivity contribution in [1.29, 1.82) is 0 Å². The zero-order valence-corrected chi connectivity index (χ0v) is 14.0. The standard InChI is InChI=1S/C12H8Br2ClNOS/c1-6-4-10(18-11(6)14)12(17)16-9-5-7(13)2-3-8(9)15/h2-5H,1H3,(H,16,17). The third-order valence-electron chi connectivity index (χ3n) is 2.26. The molecule has 0 saturated carbocycles. The van der Waals surface area contributed by atoms with E-state index < -0.39 is 0 Å². The van der Waals surface area contributed by atoms with Gasteiger partial charge in [0.2, 0.25) is 0 Å². The Balaban J connectivity index is 2.23. The number of aryl methyl sites for hydroxylation is 1. The van der Waals surface area contributed by atoms with E-state index in [0.29, 0.717) is 15.6 Å². The van der Waals surface area contributed by atoms with Gasteiger partial charge in [0.25, 0.3) is 5.91 Å². The molecule has 1 aromatic carbocycles. The lowest BCUT2D eigenvalue weighted by molar-refractivity contribution is 0.103. The summed E-state index contributed by atoms with van der Waals surface area (Å²) in [4.78, 5) is 12.7. The van der Waals surface area contributed by atoms with Crippen LogP contribution in [0, 0.1) is 6.92 Å². The van der Waals surface area contributed by atoms with Crippen LogP contribution in [0.5, 0.6) is 0 Å². The van der Waals surface area contributed by atoms with Crippen LogP contribution in [-0.4, -0.2) is 5.91 Å². The van der Waals surface area contributed by atoms with Crippen LogP contribution < -0.4 is 5.32 Å². The zero-order valence-electron chi connectivity index (χ0n) is 9.26. The molecule has 0 fully saturated rings. The number of rotatable bonds is 2. The van der Waals surface area contributed by atoms with Crippen molar-refractivity contribution in [2.45, 2.75) is 6.92 Å². The number of thiophene rings is 1. The van der Waals surface area contributed by atoms with Gasteiger partial charge >= 0.3 is 0 Å². The summed E-state index contributed by atoms with van der Waals surface area (Å²) in [6.07, 6.45) is 0. The molecule has 0 spiro atoms. The molecular formula is C12H8Br2ClNOS. The Labute approximate surface area is 131 Å². The number of halogens is 3. The van der Waals surface area contributed by atoms with E-state index in [1.807, 2.05) is 19.1 Å². The van der Waals surface area contributed by atoms with E-state index in [-0.39, 0.29) is 5.91 Å². The summed E-state index contributed by atoms with van der Waals surface area (Å²) in [5, 5.41) is 3.31. The van der Waals surface area contributed by atoms with Crippen LogP contribution in [0.1, 0.15) is 15.2 Å². The number of anilines is 1. The first-order valence-electron chi connectivity index (χ1n) is 4.99. The Bertz CT molecular complexity index is 593. The number of benzene rings is 1. The molecule has 1 amide bonds. The fraction of sp³-hybridized carbons (Fsp3) is 0.0833. The zero-order chi connectivity index (χ0) is 13.3. The summed E-state index contributed by atoms with van der Waals surface area (Å²) in [5.41, 5.74) is 1.64. The molecule has 0 unspecified atom stereocenters. The molecule has 0 aliphatic heterocycles. The summed E-state index contributed by atoms with van der Waals surface area (Å²) in [6.45, 7) is 1.95. The van der Waals surface area contributed by atoms with E-state index >= 15 is 0 Å². The van der Waals surface area contributed by atoms with Crippen molar-refractivity contribution in [3.05, 3.63) is 48.0 Å². The van der Waals surface area contributed by atoms with Crippen LogP contribution in [0.25, 0.3) is 0 Å². The van der Waals surface area contributed by atoms with Crippen molar-refractivity contribution in [2.24, 2.45) is 0 Å². The van der Waals surface area contributed by atoms with Gasteiger partial charge in [0.05, 0.1) is 19.4 Å². The van der Waals surface area contributed by atoms with Crippen molar-refractivity contribution < 1.29 is 4.79 Å². The largest absolute Gasteiger partial charge is 0.320 e. The van der Waals surface area contributed by atoms with Crippen molar-refractivity contribution in [3.63, 3.8) is 0 Å². The Hall–Kier alpha value is -0.360. The number of hydrogen-bond donors (Lipinski definition) is 1. The maximum Gasteiger partial charge on any atom is 0.265 e. The molecule has 0 bridgehead atoms. The highest BCUT2D eigenvalue weighted by molar-refractivity contribution is 9.11. The lowest BCUT2D eigenvalue weighted by Crippen LogP contribution is -2.10. The van der Waals surface area contributed by atoms with Gasteiger partial charge in [-0.2, -0.15) is 0 Å². The fourth-order valence-electron chi connectivity index (χ4n) is 1.35. The first-order valence-corrected chi connectivity index (χ1v) is 7.78. The molecule has 2 nitrogen and oxygen atoms in total. The van der Waals surface area contributed by atoms with Gasteiger partial charge in [0, 0.05) is 4.47 Å². The second-order valence-corrected chi connectivity index (χ2v) is 7.34. The predicted octanol–water partition coefficient (Wildman–Crippen LogP) is 5.49. The average molecular weight is 410 g/mol. The summed E-state index contributed by atoms with van der Waals surface area (Å²) in [5.74, 6) is -0.159. The second-order valence-electron chi connectivity index (χ2n) is 3.65. The number of carbonyl (C=O) groups excluding carboxylic acids is 1. The summed E-state index contributed by atoms with van der Waals surface area (Å²) >= 11 is 14.2. The molecule has 18 heavy (non-hydrogen) atoms. The molecule has 2 aromatic rings. The monoisotopic (exact) mass is 407 g/mol. The van der Waals surface area contributed by atoms with E-state index in [1.165, 1.54) is 11.3 Å². The van der Waals surface area contributed by atoms with Crippen LogP contribution in [0.15, 0.2) is 32.5 Å². The van der Waals surface area contributed by atoms with Crippen LogP contribution in [-0.2, 0) is 0 Å². The lowest BCUT2D eigenvalue weighted by Gasteiger charge is -2.06. The fourth-order valence-corrected chi connectivity index (χ4v) is 3.30. The van der Waals surface area contributed by atoms with Gasteiger partial charge in [-0.25, -0.2) is 0 Å². The van der Waals surface area contributed by atoms with Gasteiger partial charge < -0.3 is 5.32 Å². The first-order chi connectivity index (χ1) is 8.47. The molecule has 0 atom stereocenters. The minimum atomic E-state index is -0.159. The normalized spacial score (nSPS) is 10.4. The average Bonchev–Trinajstić information content (AvgIpc) is 2.64. The molecule has 6 heteroatoms. The number of carbonyl (C=O) groups is 1. The molecular weight excluding hydrogens is 401 g/mol. The topological polar surface area (TPSA) is 29.1 Å². The number of amides is 1. The van der Waals surface area contributed by atoms with Crippen LogP contribution in [0.3, 0.4) is 0 Å². The Kier molecular flexibility index (Phi) is 4.48. The van der Waals surface area contributed by atoms with Crippen molar-refractivity contribution in [1.82, 2.24) is 0 Å². The van der Waals surface area contributed by atoms with Crippen molar-refractivity contribution in [2.75, 3.05) is 5.32 Å². The smallest absolute Gasteiger partial charge is 0.265 e. The Morgan fingerprint density at radius 3 is 2.67 bits per heavy atom. The third kappa shape index (κ3) is 3.15. The van der Waals surface area contributed by atoms with Gasteiger partial charge in [0.1, 0.15) is 0 Å². The highest BCUT2D eigenvalue weighted by Gasteiger charge is 2.13. The third-order valence-corrected chi connectivity index (χ3v) is 5.22. The molecule has 0 aliphatic rings. The van der Waals surface area contributed by atoms with E-state index in [9.17, 15) is 4.79 Å². The molecule has 0 aliphatic carbocycles. The number of nitrogens with one attached hydrogen (secondary N) is 1. The van der Waals surface area contributed by atoms with Gasteiger partial charge in [-0.05, 0) is 52.7 Å². The maximum absolute atomic E-state index is 12.0. The summed E-state index contributed by atoms with van der Waals surface area (Å²) in [6, 6.07) is 7.17. The predicted molar refractivity (Wildman–Crippen MR) is 83.9 cm³/mol. The van der Waals surface area contributed by atoms with Gasteiger partial charge in [-0.1, -0.05) is 27.5 Å². The van der Waals surface area contributed by atoms with E-state index in [2.05, 4.69) is 37.2 Å². The van der Waals surface area contributed by atoms with Gasteiger partial charge in [-0.3, -0.25) is 4.79 Å². The summed E-state index contributed by atoms with van der Waals surface area (Å²) in [7, 11) is 0. The van der Waals surface area contributed by atoms with E-state index in [0.717, 1.165) is 13.8 Å². The molecule has 1 N–H and O–H groups in total. The quantitative estimate of drug-likeness (QED) is 0.698. The maximum atomic E-state index is 12.0. The first kappa shape index (κ1) is 14.1.